The van der Waals surface area contributed by atoms with E-state index in [0.717, 1.165) is 11.5 Å². The molecule has 1 atom stereocenters. The van der Waals surface area contributed by atoms with Crippen molar-refractivity contribution >= 4 is 11.8 Å². The standard InChI is InChI=1S/C12H17NO2S/c1-8(7-13)9-5-10-11(6-12(9)16-2)15-4-3-14-10/h5-6,8H,3-4,7,13H2,1-2H3. The Labute approximate surface area is 100 Å². The maximum Gasteiger partial charge on any atom is 0.162 e. The van der Waals surface area contributed by atoms with Crippen molar-refractivity contribution in [1.29, 1.82) is 0 Å². The van der Waals surface area contributed by atoms with Crippen molar-refractivity contribution in [3.8, 4) is 11.5 Å². The average Bonchev–Trinajstić information content (AvgIpc) is 2.36. The smallest absolute Gasteiger partial charge is 0.162 e. The minimum Gasteiger partial charge on any atom is -0.486 e. The average molecular weight is 239 g/mol. The van der Waals surface area contributed by atoms with Gasteiger partial charge in [0.15, 0.2) is 11.5 Å². The Morgan fingerprint density at radius 2 is 1.94 bits per heavy atom. The summed E-state index contributed by atoms with van der Waals surface area (Å²) >= 11 is 1.72. The molecule has 0 bridgehead atoms. The van der Waals surface area contributed by atoms with Crippen molar-refractivity contribution in [2.75, 3.05) is 26.0 Å². The lowest BCUT2D eigenvalue weighted by Gasteiger charge is -2.22. The van der Waals surface area contributed by atoms with Crippen LogP contribution < -0.4 is 15.2 Å². The van der Waals surface area contributed by atoms with Gasteiger partial charge in [-0.15, -0.1) is 11.8 Å². The van der Waals surface area contributed by atoms with Crippen molar-refractivity contribution in [3.63, 3.8) is 0 Å². The number of fused-ring (bicyclic) bond motifs is 1. The second-order valence-electron chi connectivity index (χ2n) is 3.87. The first kappa shape index (κ1) is 11.6. The zero-order valence-corrected chi connectivity index (χ0v) is 10.5. The van der Waals surface area contributed by atoms with Crippen molar-refractivity contribution in [2.45, 2.75) is 17.7 Å². The van der Waals surface area contributed by atoms with Crippen molar-refractivity contribution in [3.05, 3.63) is 17.7 Å². The first-order valence-corrected chi connectivity index (χ1v) is 6.66. The van der Waals surface area contributed by atoms with E-state index < -0.39 is 0 Å². The molecule has 0 saturated heterocycles. The Balaban J connectivity index is 2.43. The Kier molecular flexibility index (Phi) is 3.61. The van der Waals surface area contributed by atoms with Gasteiger partial charge in [0.25, 0.3) is 0 Å². The van der Waals surface area contributed by atoms with Gasteiger partial charge in [-0.1, -0.05) is 6.92 Å². The second-order valence-corrected chi connectivity index (χ2v) is 4.72. The molecule has 16 heavy (non-hydrogen) atoms. The number of hydrogen-bond donors (Lipinski definition) is 1. The van der Waals surface area contributed by atoms with Crippen LogP contribution >= 0.6 is 11.8 Å². The third kappa shape index (κ3) is 2.13. The summed E-state index contributed by atoms with van der Waals surface area (Å²) in [5.74, 6) is 2.04. The van der Waals surface area contributed by atoms with Gasteiger partial charge >= 0.3 is 0 Å². The molecule has 3 nitrogen and oxygen atoms in total. The molecule has 0 saturated carbocycles. The molecule has 0 aliphatic carbocycles. The van der Waals surface area contributed by atoms with Crippen LogP contribution in [-0.2, 0) is 0 Å². The van der Waals surface area contributed by atoms with Gasteiger partial charge in [-0.25, -0.2) is 0 Å². The van der Waals surface area contributed by atoms with Gasteiger partial charge in [0.2, 0.25) is 0 Å². The van der Waals surface area contributed by atoms with Crippen LogP contribution in [0.2, 0.25) is 0 Å². The fraction of sp³-hybridized carbons (Fsp3) is 0.500. The minimum atomic E-state index is 0.346. The number of nitrogens with two attached hydrogens (primary N) is 1. The molecule has 0 amide bonds. The van der Waals surface area contributed by atoms with E-state index in [1.54, 1.807) is 11.8 Å². The molecule has 4 heteroatoms. The summed E-state index contributed by atoms with van der Waals surface area (Å²) in [5, 5.41) is 0. The van der Waals surface area contributed by atoms with Crippen LogP contribution in [-0.4, -0.2) is 26.0 Å². The van der Waals surface area contributed by atoms with Gasteiger partial charge in [0, 0.05) is 4.90 Å². The highest BCUT2D eigenvalue weighted by Gasteiger charge is 2.17. The monoisotopic (exact) mass is 239 g/mol. The molecule has 2 rings (SSSR count). The molecule has 2 N–H and O–H groups in total. The third-order valence-corrected chi connectivity index (χ3v) is 3.57. The molecule has 88 valence electrons. The second kappa shape index (κ2) is 4.97. The Morgan fingerprint density at radius 3 is 2.50 bits per heavy atom. The Hall–Kier alpha value is -0.870. The molecule has 1 aromatic rings. The minimum absolute atomic E-state index is 0.346. The lowest BCUT2D eigenvalue weighted by molar-refractivity contribution is 0.170. The molecular weight excluding hydrogens is 222 g/mol. The molecule has 1 unspecified atom stereocenters. The number of thioether (sulfide) groups is 1. The van der Waals surface area contributed by atoms with E-state index in [9.17, 15) is 0 Å². The van der Waals surface area contributed by atoms with Crippen LogP contribution in [0.15, 0.2) is 17.0 Å². The predicted molar refractivity (Wildman–Crippen MR) is 66.7 cm³/mol. The first-order chi connectivity index (χ1) is 7.76. The topological polar surface area (TPSA) is 44.5 Å². The molecule has 0 aromatic heterocycles. The van der Waals surface area contributed by atoms with E-state index in [1.165, 1.54) is 10.5 Å². The maximum atomic E-state index is 5.72. The largest absolute Gasteiger partial charge is 0.486 e. The van der Waals surface area contributed by atoms with Crippen LogP contribution in [0.5, 0.6) is 11.5 Å². The van der Waals surface area contributed by atoms with Gasteiger partial charge < -0.3 is 15.2 Å². The van der Waals surface area contributed by atoms with Crippen LogP contribution in [0.25, 0.3) is 0 Å². The highest BCUT2D eigenvalue weighted by Crippen LogP contribution is 2.39. The highest BCUT2D eigenvalue weighted by atomic mass is 32.2. The van der Waals surface area contributed by atoms with Crippen molar-refractivity contribution in [2.24, 2.45) is 5.73 Å². The quantitative estimate of drug-likeness (QED) is 0.822. The lowest BCUT2D eigenvalue weighted by Crippen LogP contribution is -2.17. The van der Waals surface area contributed by atoms with E-state index in [4.69, 9.17) is 15.2 Å². The van der Waals surface area contributed by atoms with Crippen LogP contribution in [0, 0.1) is 0 Å². The zero-order valence-electron chi connectivity index (χ0n) is 9.66. The van der Waals surface area contributed by atoms with Crippen LogP contribution in [0.4, 0.5) is 0 Å². The third-order valence-electron chi connectivity index (χ3n) is 2.78. The summed E-state index contributed by atoms with van der Waals surface area (Å²) < 4.78 is 11.1. The molecule has 0 fully saturated rings. The van der Waals surface area contributed by atoms with Gasteiger partial charge in [-0.2, -0.15) is 0 Å². The lowest BCUT2D eigenvalue weighted by atomic mass is 10.0. The number of hydrogen-bond acceptors (Lipinski definition) is 4. The number of rotatable bonds is 3. The molecule has 0 radical (unpaired) electrons. The highest BCUT2D eigenvalue weighted by molar-refractivity contribution is 7.98. The summed E-state index contributed by atoms with van der Waals surface area (Å²) in [6, 6.07) is 4.12. The van der Waals surface area contributed by atoms with E-state index in [1.807, 2.05) is 0 Å². The molecule has 1 aliphatic heterocycles. The normalized spacial score (nSPS) is 15.9. The Bertz CT molecular complexity index is 382. The first-order valence-electron chi connectivity index (χ1n) is 5.44. The maximum absolute atomic E-state index is 5.72. The van der Waals surface area contributed by atoms with E-state index in [2.05, 4.69) is 25.3 Å². The summed E-state index contributed by atoms with van der Waals surface area (Å²) in [6.07, 6.45) is 2.07. The Morgan fingerprint density at radius 1 is 1.31 bits per heavy atom. The van der Waals surface area contributed by atoms with E-state index in [0.29, 0.717) is 25.7 Å². The predicted octanol–water partition coefficient (Wildman–Crippen LogP) is 2.24. The molecule has 1 aromatic carbocycles. The molecule has 1 heterocycles. The van der Waals surface area contributed by atoms with Gasteiger partial charge in [0.05, 0.1) is 0 Å². The molecule has 1 aliphatic rings. The van der Waals surface area contributed by atoms with E-state index >= 15 is 0 Å². The van der Waals surface area contributed by atoms with Gasteiger partial charge in [-0.3, -0.25) is 0 Å². The zero-order chi connectivity index (χ0) is 11.5. The number of ether oxygens (including phenoxy) is 2. The molecule has 0 spiro atoms. The van der Waals surface area contributed by atoms with E-state index in [-0.39, 0.29) is 0 Å². The summed E-state index contributed by atoms with van der Waals surface area (Å²) in [7, 11) is 0. The van der Waals surface area contributed by atoms with Gasteiger partial charge in [0.1, 0.15) is 13.2 Å². The van der Waals surface area contributed by atoms with Crippen LogP contribution in [0.1, 0.15) is 18.4 Å². The fourth-order valence-electron chi connectivity index (χ4n) is 1.77. The fourth-order valence-corrected chi connectivity index (χ4v) is 2.50. The summed E-state index contributed by atoms with van der Waals surface area (Å²) in [5.41, 5.74) is 6.97. The van der Waals surface area contributed by atoms with Gasteiger partial charge in [-0.05, 0) is 36.4 Å². The van der Waals surface area contributed by atoms with Crippen molar-refractivity contribution < 1.29 is 9.47 Å². The number of benzene rings is 1. The SMILES string of the molecule is CSc1cc2c(cc1C(C)CN)OCCO2. The van der Waals surface area contributed by atoms with Crippen LogP contribution in [0.3, 0.4) is 0 Å². The summed E-state index contributed by atoms with van der Waals surface area (Å²) in [4.78, 5) is 1.22. The van der Waals surface area contributed by atoms with Crippen molar-refractivity contribution in [1.82, 2.24) is 0 Å². The molecular formula is C12H17NO2S. The summed E-state index contributed by atoms with van der Waals surface area (Å²) in [6.45, 7) is 4.03.